The lowest BCUT2D eigenvalue weighted by Gasteiger charge is -2.32. The number of anilines is 1. The minimum absolute atomic E-state index is 0.104. The second-order valence-electron chi connectivity index (χ2n) is 5.49. The summed E-state index contributed by atoms with van der Waals surface area (Å²) in [4.78, 5) is 14.1. The molecule has 1 aromatic rings. The molecule has 6 nitrogen and oxygen atoms in total. The van der Waals surface area contributed by atoms with Crippen LogP contribution in [0.25, 0.3) is 0 Å². The van der Waals surface area contributed by atoms with E-state index in [4.69, 9.17) is 0 Å². The maximum absolute atomic E-state index is 12.3. The standard InChI is InChI=1S/C14H24N4O2/c1-3-11(2)18-13(6-7-15-18)16-14(20)17-8-4-5-12(9-17)10-19/h6-7,11-12,19H,3-5,8-10H2,1-2H3,(H,16,20). The van der Waals surface area contributed by atoms with E-state index >= 15 is 0 Å². The van der Waals surface area contributed by atoms with Gasteiger partial charge in [-0.15, -0.1) is 0 Å². The maximum atomic E-state index is 12.3. The van der Waals surface area contributed by atoms with Crippen LogP contribution < -0.4 is 5.32 Å². The van der Waals surface area contributed by atoms with Crippen LogP contribution in [-0.4, -0.2) is 45.5 Å². The van der Waals surface area contributed by atoms with Crippen molar-refractivity contribution in [3.63, 3.8) is 0 Å². The molecular weight excluding hydrogens is 256 g/mol. The molecule has 6 heteroatoms. The number of carbonyl (C=O) groups is 1. The minimum Gasteiger partial charge on any atom is -0.396 e. The number of aromatic nitrogens is 2. The fourth-order valence-electron chi connectivity index (χ4n) is 2.52. The summed E-state index contributed by atoms with van der Waals surface area (Å²) in [5.41, 5.74) is 0. The molecule has 0 radical (unpaired) electrons. The molecule has 2 rings (SSSR count). The zero-order valence-corrected chi connectivity index (χ0v) is 12.2. The Morgan fingerprint density at radius 2 is 2.45 bits per heavy atom. The summed E-state index contributed by atoms with van der Waals surface area (Å²) >= 11 is 0. The Hall–Kier alpha value is -1.56. The van der Waals surface area contributed by atoms with Crippen molar-refractivity contribution in [2.24, 2.45) is 5.92 Å². The number of urea groups is 1. The van der Waals surface area contributed by atoms with Crippen molar-refractivity contribution < 1.29 is 9.90 Å². The Balaban J connectivity index is 1.99. The van der Waals surface area contributed by atoms with Gasteiger partial charge >= 0.3 is 6.03 Å². The van der Waals surface area contributed by atoms with E-state index in [2.05, 4.69) is 24.3 Å². The van der Waals surface area contributed by atoms with Gasteiger partial charge in [-0.2, -0.15) is 5.10 Å². The third-order valence-electron chi connectivity index (χ3n) is 3.98. The smallest absolute Gasteiger partial charge is 0.323 e. The molecule has 20 heavy (non-hydrogen) atoms. The van der Waals surface area contributed by atoms with E-state index in [1.165, 1.54) is 0 Å². The lowest BCUT2D eigenvalue weighted by molar-refractivity contribution is 0.136. The van der Waals surface area contributed by atoms with Crippen LogP contribution in [0.5, 0.6) is 0 Å². The van der Waals surface area contributed by atoms with E-state index in [0.29, 0.717) is 6.54 Å². The van der Waals surface area contributed by atoms with Gasteiger partial charge in [0.1, 0.15) is 5.82 Å². The topological polar surface area (TPSA) is 70.4 Å². The van der Waals surface area contributed by atoms with Gasteiger partial charge in [-0.3, -0.25) is 5.32 Å². The van der Waals surface area contributed by atoms with Crippen molar-refractivity contribution in [3.8, 4) is 0 Å². The van der Waals surface area contributed by atoms with E-state index in [1.54, 1.807) is 11.1 Å². The molecule has 0 spiro atoms. The summed E-state index contributed by atoms with van der Waals surface area (Å²) in [6.45, 7) is 5.69. The molecule has 1 aliphatic heterocycles. The Labute approximate surface area is 119 Å². The molecule has 1 saturated heterocycles. The number of hydrogen-bond donors (Lipinski definition) is 2. The fourth-order valence-corrected chi connectivity index (χ4v) is 2.52. The monoisotopic (exact) mass is 280 g/mol. The number of piperidine rings is 1. The van der Waals surface area contributed by atoms with Crippen molar-refractivity contribution in [2.45, 2.75) is 39.2 Å². The first-order valence-corrected chi connectivity index (χ1v) is 7.36. The van der Waals surface area contributed by atoms with Crippen LogP contribution in [0.15, 0.2) is 12.3 Å². The minimum atomic E-state index is -0.104. The van der Waals surface area contributed by atoms with E-state index in [0.717, 1.165) is 31.6 Å². The number of amides is 2. The lowest BCUT2D eigenvalue weighted by Crippen LogP contribution is -2.43. The van der Waals surface area contributed by atoms with Gasteiger partial charge in [-0.25, -0.2) is 9.48 Å². The number of aliphatic hydroxyl groups excluding tert-OH is 1. The molecule has 1 aliphatic rings. The SMILES string of the molecule is CCC(C)n1nccc1NC(=O)N1CCCC(CO)C1. The quantitative estimate of drug-likeness (QED) is 0.887. The average molecular weight is 280 g/mol. The van der Waals surface area contributed by atoms with E-state index in [1.807, 2.05) is 10.7 Å². The van der Waals surface area contributed by atoms with Crippen molar-refractivity contribution in [1.29, 1.82) is 0 Å². The molecule has 112 valence electrons. The summed E-state index contributed by atoms with van der Waals surface area (Å²) in [7, 11) is 0. The Kier molecular flexibility index (Phi) is 5.00. The second-order valence-corrected chi connectivity index (χ2v) is 5.49. The van der Waals surface area contributed by atoms with Crippen molar-refractivity contribution in [1.82, 2.24) is 14.7 Å². The Morgan fingerprint density at radius 3 is 3.15 bits per heavy atom. The van der Waals surface area contributed by atoms with Gasteiger partial charge in [0.25, 0.3) is 0 Å². The van der Waals surface area contributed by atoms with E-state index in [9.17, 15) is 9.90 Å². The van der Waals surface area contributed by atoms with Crippen LogP contribution >= 0.6 is 0 Å². The first-order chi connectivity index (χ1) is 9.65. The number of aliphatic hydroxyl groups is 1. The van der Waals surface area contributed by atoms with Crippen LogP contribution in [0.1, 0.15) is 39.2 Å². The van der Waals surface area contributed by atoms with Gasteiger partial charge < -0.3 is 10.0 Å². The highest BCUT2D eigenvalue weighted by atomic mass is 16.3. The molecule has 2 unspecified atom stereocenters. The molecule has 2 atom stereocenters. The number of carbonyl (C=O) groups excluding carboxylic acids is 1. The Morgan fingerprint density at radius 1 is 1.65 bits per heavy atom. The molecule has 0 aromatic carbocycles. The molecular formula is C14H24N4O2. The predicted octanol–water partition coefficient (Wildman–Crippen LogP) is 2.09. The van der Waals surface area contributed by atoms with Crippen LogP contribution in [0.3, 0.4) is 0 Å². The highest BCUT2D eigenvalue weighted by Crippen LogP contribution is 2.19. The van der Waals surface area contributed by atoms with Crippen LogP contribution in [0.2, 0.25) is 0 Å². The molecule has 2 heterocycles. The van der Waals surface area contributed by atoms with Crippen molar-refractivity contribution in [2.75, 3.05) is 25.0 Å². The van der Waals surface area contributed by atoms with Crippen LogP contribution in [-0.2, 0) is 0 Å². The van der Waals surface area contributed by atoms with Gasteiger partial charge in [0, 0.05) is 25.8 Å². The number of hydrogen-bond acceptors (Lipinski definition) is 3. The molecule has 2 amide bonds. The van der Waals surface area contributed by atoms with Crippen LogP contribution in [0, 0.1) is 5.92 Å². The summed E-state index contributed by atoms with van der Waals surface area (Å²) < 4.78 is 1.84. The first-order valence-electron chi connectivity index (χ1n) is 7.36. The molecule has 2 N–H and O–H groups in total. The van der Waals surface area contributed by atoms with Gasteiger partial charge in [0.15, 0.2) is 0 Å². The zero-order chi connectivity index (χ0) is 14.5. The van der Waals surface area contributed by atoms with Gasteiger partial charge in [-0.1, -0.05) is 6.92 Å². The van der Waals surface area contributed by atoms with Crippen molar-refractivity contribution in [3.05, 3.63) is 12.3 Å². The molecule has 0 aliphatic carbocycles. The molecule has 1 aromatic heterocycles. The highest BCUT2D eigenvalue weighted by molar-refractivity contribution is 5.88. The van der Waals surface area contributed by atoms with E-state index < -0.39 is 0 Å². The summed E-state index contributed by atoms with van der Waals surface area (Å²) in [6.07, 6.45) is 4.60. The van der Waals surface area contributed by atoms with Gasteiger partial charge in [-0.05, 0) is 32.1 Å². The molecule has 0 bridgehead atoms. The molecule has 1 fully saturated rings. The number of nitrogens with zero attached hydrogens (tertiary/aromatic N) is 3. The summed E-state index contributed by atoms with van der Waals surface area (Å²) in [5.74, 6) is 0.935. The first kappa shape index (κ1) is 14.8. The number of likely N-dealkylation sites (tertiary alicyclic amines) is 1. The largest absolute Gasteiger partial charge is 0.396 e. The number of nitrogens with one attached hydrogen (secondary N) is 1. The van der Waals surface area contributed by atoms with Gasteiger partial charge in [0.05, 0.1) is 12.2 Å². The highest BCUT2D eigenvalue weighted by Gasteiger charge is 2.24. The second kappa shape index (κ2) is 6.74. The average Bonchev–Trinajstić information content (AvgIpc) is 2.94. The summed E-state index contributed by atoms with van der Waals surface area (Å²) in [6, 6.07) is 1.97. The lowest BCUT2D eigenvalue weighted by atomic mass is 9.99. The third-order valence-corrected chi connectivity index (χ3v) is 3.98. The third kappa shape index (κ3) is 3.30. The fraction of sp³-hybridized carbons (Fsp3) is 0.714. The maximum Gasteiger partial charge on any atom is 0.323 e. The zero-order valence-electron chi connectivity index (χ0n) is 12.2. The molecule has 0 saturated carbocycles. The Bertz CT molecular complexity index is 446. The van der Waals surface area contributed by atoms with Crippen LogP contribution in [0.4, 0.5) is 10.6 Å². The number of rotatable bonds is 4. The van der Waals surface area contributed by atoms with E-state index in [-0.39, 0.29) is 24.6 Å². The van der Waals surface area contributed by atoms with Crippen molar-refractivity contribution >= 4 is 11.8 Å². The summed E-state index contributed by atoms with van der Waals surface area (Å²) in [5, 5.41) is 16.4. The van der Waals surface area contributed by atoms with Gasteiger partial charge in [0.2, 0.25) is 0 Å². The normalized spacial score (nSPS) is 20.8. The predicted molar refractivity (Wildman–Crippen MR) is 77.6 cm³/mol.